The number of amides is 1. The molecule has 1 aliphatic rings. The molecule has 2 atom stereocenters. The highest BCUT2D eigenvalue weighted by Crippen LogP contribution is 2.12. The van der Waals surface area contributed by atoms with Gasteiger partial charge < -0.3 is 5.32 Å². The molecule has 0 radical (unpaired) electrons. The lowest BCUT2D eigenvalue weighted by molar-refractivity contribution is 0.253. The molecule has 1 amide bonds. The zero-order valence-electron chi connectivity index (χ0n) is 5.47. The molecular weight excluding hydrogens is 136 g/mol. The van der Waals surface area contributed by atoms with E-state index in [4.69, 9.17) is 0 Å². The van der Waals surface area contributed by atoms with Crippen LogP contribution in [-0.2, 0) is 0 Å². The van der Waals surface area contributed by atoms with Crippen LogP contribution in [-0.4, -0.2) is 16.8 Å². The van der Waals surface area contributed by atoms with Crippen molar-refractivity contribution >= 4 is 17.0 Å². The van der Waals surface area contributed by atoms with Crippen molar-refractivity contribution in [1.29, 1.82) is 0 Å². The van der Waals surface area contributed by atoms with E-state index in [1.54, 1.807) is 0 Å². The van der Waals surface area contributed by atoms with Crippen molar-refractivity contribution in [2.45, 2.75) is 25.4 Å². The molecule has 1 fully saturated rings. The molecule has 1 heterocycles. The minimum atomic E-state index is 0.0637. The Balaban J connectivity index is 2.43. The summed E-state index contributed by atoms with van der Waals surface area (Å²) in [6.07, 6.45) is 0.119. The van der Waals surface area contributed by atoms with E-state index in [1.165, 1.54) is 11.8 Å². The molecule has 52 valence electrons. The van der Waals surface area contributed by atoms with E-state index in [0.717, 1.165) is 0 Å². The number of hydrogen-bond donors (Lipinski definition) is 2. The number of carbonyl (C=O) groups is 1. The van der Waals surface area contributed by atoms with Gasteiger partial charge in [-0.05, 0) is 25.6 Å². The van der Waals surface area contributed by atoms with Crippen LogP contribution >= 0.6 is 11.8 Å². The van der Waals surface area contributed by atoms with Gasteiger partial charge in [0.2, 0.25) is 0 Å². The number of thioether (sulfide) groups is 1. The van der Waals surface area contributed by atoms with Gasteiger partial charge in [-0.15, -0.1) is 0 Å². The van der Waals surface area contributed by atoms with Crippen LogP contribution in [0.3, 0.4) is 0 Å². The summed E-state index contributed by atoms with van der Waals surface area (Å²) in [6.45, 7) is 3.90. The summed E-state index contributed by atoms with van der Waals surface area (Å²) in [7, 11) is 0. The molecule has 2 unspecified atom stereocenters. The van der Waals surface area contributed by atoms with Gasteiger partial charge in [0.15, 0.2) is 0 Å². The predicted molar refractivity (Wildman–Crippen MR) is 38.2 cm³/mol. The highest BCUT2D eigenvalue weighted by molar-refractivity contribution is 8.14. The molecule has 3 nitrogen and oxygen atoms in total. The monoisotopic (exact) mass is 146 g/mol. The van der Waals surface area contributed by atoms with Crippen LogP contribution in [0.5, 0.6) is 0 Å². The number of carbonyl (C=O) groups excluding carboxylic acids is 1. The van der Waals surface area contributed by atoms with E-state index in [-0.39, 0.29) is 16.8 Å². The second-order valence-corrected chi connectivity index (χ2v) is 3.39. The van der Waals surface area contributed by atoms with Crippen LogP contribution in [0.4, 0.5) is 4.79 Å². The van der Waals surface area contributed by atoms with Gasteiger partial charge in [0.25, 0.3) is 5.24 Å². The topological polar surface area (TPSA) is 41.1 Å². The van der Waals surface area contributed by atoms with Crippen molar-refractivity contribution < 1.29 is 4.79 Å². The summed E-state index contributed by atoms with van der Waals surface area (Å²) in [4.78, 5) is 10.7. The van der Waals surface area contributed by atoms with Crippen molar-refractivity contribution in [3.05, 3.63) is 0 Å². The Morgan fingerprint density at radius 2 is 2.22 bits per heavy atom. The van der Waals surface area contributed by atoms with Crippen molar-refractivity contribution in [3.63, 3.8) is 0 Å². The highest BCUT2D eigenvalue weighted by Gasteiger charge is 2.19. The SMILES string of the molecule is CC1NC(=O)SC(C)N1. The van der Waals surface area contributed by atoms with Crippen LogP contribution in [0.25, 0.3) is 0 Å². The Kier molecular flexibility index (Phi) is 1.97. The van der Waals surface area contributed by atoms with Crippen LogP contribution in [0.2, 0.25) is 0 Å². The standard InChI is InChI=1S/C5H10N2OS/c1-3-6-4(2)9-5(8)7-3/h3-4,6H,1-2H3,(H,7,8). The molecule has 0 aromatic heterocycles. The van der Waals surface area contributed by atoms with E-state index in [2.05, 4.69) is 10.6 Å². The van der Waals surface area contributed by atoms with E-state index < -0.39 is 0 Å². The second kappa shape index (κ2) is 2.58. The van der Waals surface area contributed by atoms with Crippen molar-refractivity contribution in [2.75, 3.05) is 0 Å². The summed E-state index contributed by atoms with van der Waals surface area (Å²) in [5.74, 6) is 0. The van der Waals surface area contributed by atoms with Crippen molar-refractivity contribution in [1.82, 2.24) is 10.6 Å². The fourth-order valence-electron chi connectivity index (χ4n) is 0.799. The predicted octanol–water partition coefficient (Wildman–Crippen LogP) is 0.724. The zero-order valence-corrected chi connectivity index (χ0v) is 6.29. The first-order valence-electron chi connectivity index (χ1n) is 2.91. The molecule has 0 aliphatic carbocycles. The maximum Gasteiger partial charge on any atom is 0.281 e. The maximum atomic E-state index is 10.7. The first kappa shape index (κ1) is 6.89. The summed E-state index contributed by atoms with van der Waals surface area (Å²) in [6, 6.07) is 0. The molecule has 0 aromatic carbocycles. The molecule has 1 aliphatic heterocycles. The fraction of sp³-hybridized carbons (Fsp3) is 0.800. The second-order valence-electron chi connectivity index (χ2n) is 2.08. The molecule has 0 aromatic rings. The van der Waals surface area contributed by atoms with Gasteiger partial charge in [0.05, 0.1) is 11.5 Å². The van der Waals surface area contributed by atoms with Gasteiger partial charge in [-0.1, -0.05) is 0 Å². The lowest BCUT2D eigenvalue weighted by Gasteiger charge is -2.25. The minimum Gasteiger partial charge on any atom is -0.332 e. The van der Waals surface area contributed by atoms with Gasteiger partial charge >= 0.3 is 0 Å². The van der Waals surface area contributed by atoms with E-state index in [0.29, 0.717) is 0 Å². The number of nitrogens with one attached hydrogen (secondary N) is 2. The summed E-state index contributed by atoms with van der Waals surface area (Å²) in [5.41, 5.74) is 0. The average molecular weight is 146 g/mol. The molecular formula is C5H10N2OS. The number of hydrogen-bond acceptors (Lipinski definition) is 3. The maximum absolute atomic E-state index is 10.7. The van der Waals surface area contributed by atoms with E-state index >= 15 is 0 Å². The van der Waals surface area contributed by atoms with Crippen LogP contribution in [0.1, 0.15) is 13.8 Å². The Morgan fingerprint density at radius 1 is 1.56 bits per heavy atom. The Bertz CT molecular complexity index is 116. The molecule has 1 saturated heterocycles. The van der Waals surface area contributed by atoms with Crippen LogP contribution in [0.15, 0.2) is 0 Å². The van der Waals surface area contributed by atoms with Gasteiger partial charge in [-0.3, -0.25) is 10.1 Å². The van der Waals surface area contributed by atoms with Gasteiger partial charge in [0, 0.05) is 0 Å². The van der Waals surface area contributed by atoms with Crippen molar-refractivity contribution in [2.24, 2.45) is 0 Å². The van der Waals surface area contributed by atoms with E-state index in [9.17, 15) is 4.79 Å². The third-order valence-corrected chi connectivity index (χ3v) is 1.92. The summed E-state index contributed by atoms with van der Waals surface area (Å²) in [5, 5.41) is 6.17. The lowest BCUT2D eigenvalue weighted by atomic mass is 10.5. The molecule has 9 heavy (non-hydrogen) atoms. The largest absolute Gasteiger partial charge is 0.332 e. The molecule has 1 rings (SSSR count). The smallest absolute Gasteiger partial charge is 0.281 e. The normalized spacial score (nSPS) is 36.0. The Morgan fingerprint density at radius 3 is 2.67 bits per heavy atom. The Hall–Kier alpha value is -0.220. The van der Waals surface area contributed by atoms with Crippen LogP contribution in [0, 0.1) is 0 Å². The third-order valence-electron chi connectivity index (χ3n) is 1.10. The zero-order chi connectivity index (χ0) is 6.85. The third kappa shape index (κ3) is 1.87. The quantitative estimate of drug-likeness (QED) is 0.529. The average Bonchev–Trinajstić information content (AvgIpc) is 1.59. The lowest BCUT2D eigenvalue weighted by Crippen LogP contribution is -2.50. The van der Waals surface area contributed by atoms with Crippen LogP contribution < -0.4 is 10.6 Å². The minimum absolute atomic E-state index is 0.0637. The number of rotatable bonds is 0. The molecule has 2 N–H and O–H groups in total. The van der Waals surface area contributed by atoms with Crippen molar-refractivity contribution in [3.8, 4) is 0 Å². The van der Waals surface area contributed by atoms with Gasteiger partial charge in [0.1, 0.15) is 0 Å². The first-order valence-corrected chi connectivity index (χ1v) is 3.79. The van der Waals surface area contributed by atoms with E-state index in [1.807, 2.05) is 13.8 Å². The summed E-state index contributed by atoms with van der Waals surface area (Å²) >= 11 is 1.28. The fourth-order valence-corrected chi connectivity index (χ4v) is 1.64. The molecule has 4 heteroatoms. The van der Waals surface area contributed by atoms with Gasteiger partial charge in [-0.25, -0.2) is 0 Å². The molecule has 0 bridgehead atoms. The van der Waals surface area contributed by atoms with Gasteiger partial charge in [-0.2, -0.15) is 0 Å². The summed E-state index contributed by atoms with van der Waals surface area (Å²) < 4.78 is 0. The highest BCUT2D eigenvalue weighted by atomic mass is 32.2. The Labute approximate surface area is 58.6 Å². The molecule has 0 spiro atoms. The molecule has 0 saturated carbocycles. The first-order chi connectivity index (χ1) is 4.18.